The van der Waals surface area contributed by atoms with E-state index >= 15 is 0 Å². The molecule has 0 spiro atoms. The van der Waals surface area contributed by atoms with E-state index < -0.39 is 0 Å². The molecule has 0 aromatic heterocycles. The monoisotopic (exact) mass is 228 g/mol. The number of nitriles is 2. The average Bonchev–Trinajstić information content (AvgIpc) is 2.32. The van der Waals surface area contributed by atoms with Crippen molar-refractivity contribution < 1.29 is 0 Å². The van der Waals surface area contributed by atoms with E-state index in [9.17, 15) is 0 Å². The molecule has 96 valence electrons. The molecule has 1 saturated carbocycles. The van der Waals surface area contributed by atoms with Crippen molar-refractivity contribution in [1.29, 1.82) is 10.5 Å². The Labute approximate surface area is 101 Å². The Morgan fingerprint density at radius 3 is 0.875 bits per heavy atom. The van der Waals surface area contributed by atoms with Gasteiger partial charge in [-0.05, 0) is 0 Å². The van der Waals surface area contributed by atoms with Crippen LogP contribution in [0.2, 0.25) is 0 Å². The molecule has 0 amide bonds. The molecule has 1 fully saturated rings. The zero-order valence-corrected chi connectivity index (χ0v) is 11.0. The highest BCUT2D eigenvalue weighted by Crippen LogP contribution is 2.15. The minimum atomic E-state index is 0. The highest BCUT2D eigenvalue weighted by atomic mass is 14.2. The summed E-state index contributed by atoms with van der Waals surface area (Å²) >= 11 is 0. The van der Waals surface area contributed by atoms with Crippen LogP contribution in [0.1, 0.15) is 65.2 Å². The Kier molecular flexibility index (Phi) is 44.2. The van der Waals surface area contributed by atoms with Gasteiger partial charge in [-0.15, -0.1) is 0 Å². The highest BCUT2D eigenvalue weighted by molar-refractivity contribution is 4.62. The average molecular weight is 228 g/mol. The molecule has 0 atom stereocenters. The van der Waals surface area contributed by atoms with Gasteiger partial charge >= 0.3 is 0 Å². The summed E-state index contributed by atoms with van der Waals surface area (Å²) in [4.78, 5) is 0. The maximum atomic E-state index is 7.62. The van der Waals surface area contributed by atoms with Gasteiger partial charge in [-0.25, -0.2) is 0 Å². The molecule has 1 aliphatic carbocycles. The fraction of sp³-hybridized carbons (Fsp3) is 0.833. The Morgan fingerprint density at radius 2 is 0.812 bits per heavy atom. The molecule has 0 heterocycles. The molecule has 4 nitrogen and oxygen atoms in total. The Balaban J connectivity index is -0.0000000660. The predicted molar refractivity (Wildman–Crippen MR) is 69.6 cm³/mol. The Bertz CT molecular complexity index is 137. The van der Waals surface area contributed by atoms with Crippen molar-refractivity contribution in [2.75, 3.05) is 0 Å². The standard InChI is InChI=1S/C6H12.2C3H5N.2H3N/c1-2-4-6-5-3-1;2*1-2-3-4;;/h1-6H2;2*2H2,1H3;2*1H3. The van der Waals surface area contributed by atoms with Crippen molar-refractivity contribution in [2.45, 2.75) is 65.2 Å². The first-order chi connectivity index (χ1) is 6.83. The summed E-state index contributed by atoms with van der Waals surface area (Å²) in [6.07, 6.45) is 10.2. The zero-order chi connectivity index (χ0) is 11.1. The highest BCUT2D eigenvalue weighted by Gasteiger charge is 1.95. The van der Waals surface area contributed by atoms with Gasteiger partial charge in [-0.2, -0.15) is 10.5 Å². The molecular formula is C12H28N4. The van der Waals surface area contributed by atoms with E-state index in [0.29, 0.717) is 12.8 Å². The van der Waals surface area contributed by atoms with Gasteiger partial charge in [0.25, 0.3) is 0 Å². The van der Waals surface area contributed by atoms with Crippen LogP contribution in [0.3, 0.4) is 0 Å². The van der Waals surface area contributed by atoms with Crippen molar-refractivity contribution in [3.63, 3.8) is 0 Å². The summed E-state index contributed by atoms with van der Waals surface area (Å²) in [5.41, 5.74) is 0. The lowest BCUT2D eigenvalue weighted by Gasteiger charge is -2.05. The molecule has 0 bridgehead atoms. The van der Waals surface area contributed by atoms with E-state index in [1.165, 1.54) is 38.5 Å². The topological polar surface area (TPSA) is 118 Å². The normalized spacial score (nSPS) is 11.5. The second kappa shape index (κ2) is 29.2. The second-order valence-corrected chi connectivity index (χ2v) is 3.14. The third-order valence-electron chi connectivity index (χ3n) is 1.82. The van der Waals surface area contributed by atoms with E-state index in [2.05, 4.69) is 0 Å². The van der Waals surface area contributed by atoms with Crippen LogP contribution in [0.5, 0.6) is 0 Å². The third-order valence-corrected chi connectivity index (χ3v) is 1.82. The Hall–Kier alpha value is -1.10. The first-order valence-corrected chi connectivity index (χ1v) is 5.57. The molecule has 0 unspecified atom stereocenters. The summed E-state index contributed by atoms with van der Waals surface area (Å²) in [6, 6.07) is 3.86. The summed E-state index contributed by atoms with van der Waals surface area (Å²) in [5, 5.41) is 15.2. The van der Waals surface area contributed by atoms with Crippen LogP contribution < -0.4 is 12.3 Å². The summed E-state index contributed by atoms with van der Waals surface area (Å²) < 4.78 is 0. The van der Waals surface area contributed by atoms with Gasteiger partial charge in [-0.1, -0.05) is 52.4 Å². The van der Waals surface area contributed by atoms with Crippen molar-refractivity contribution in [2.24, 2.45) is 0 Å². The molecule has 0 aromatic carbocycles. The fourth-order valence-electron chi connectivity index (χ4n) is 1.06. The maximum Gasteiger partial charge on any atom is 0.0618 e. The van der Waals surface area contributed by atoms with Crippen molar-refractivity contribution in [1.82, 2.24) is 12.3 Å². The molecule has 6 N–H and O–H groups in total. The largest absolute Gasteiger partial charge is 0.344 e. The molecule has 1 rings (SSSR count). The smallest absolute Gasteiger partial charge is 0.0618 e. The van der Waals surface area contributed by atoms with Crippen LogP contribution in [0.15, 0.2) is 0 Å². The van der Waals surface area contributed by atoms with Gasteiger partial charge in [0.15, 0.2) is 0 Å². The first-order valence-electron chi connectivity index (χ1n) is 5.57. The zero-order valence-electron chi connectivity index (χ0n) is 11.0. The number of rotatable bonds is 0. The molecule has 0 saturated heterocycles. The van der Waals surface area contributed by atoms with Crippen LogP contribution in [0.4, 0.5) is 0 Å². The van der Waals surface area contributed by atoms with Crippen molar-refractivity contribution in [3.05, 3.63) is 0 Å². The minimum Gasteiger partial charge on any atom is -0.344 e. The summed E-state index contributed by atoms with van der Waals surface area (Å²) in [5.74, 6) is 0. The lowest BCUT2D eigenvalue weighted by Crippen LogP contribution is -1.85. The summed E-state index contributed by atoms with van der Waals surface area (Å²) in [6.45, 7) is 3.64. The van der Waals surface area contributed by atoms with E-state index in [-0.39, 0.29) is 12.3 Å². The van der Waals surface area contributed by atoms with Gasteiger partial charge in [0.1, 0.15) is 0 Å². The van der Waals surface area contributed by atoms with Crippen molar-refractivity contribution >= 4 is 0 Å². The molecule has 0 aliphatic heterocycles. The predicted octanol–water partition coefficient (Wildman–Crippen LogP) is 4.50. The Morgan fingerprint density at radius 1 is 0.688 bits per heavy atom. The number of hydrogen-bond donors (Lipinski definition) is 2. The maximum absolute atomic E-state index is 7.62. The van der Waals surface area contributed by atoms with Crippen LogP contribution in [0, 0.1) is 22.7 Å². The minimum absolute atomic E-state index is 0. The second-order valence-electron chi connectivity index (χ2n) is 3.14. The van der Waals surface area contributed by atoms with Gasteiger partial charge in [-0.3, -0.25) is 0 Å². The first kappa shape index (κ1) is 24.2. The fourth-order valence-corrected chi connectivity index (χ4v) is 1.06. The lowest BCUT2D eigenvalue weighted by molar-refractivity contribution is 0.504. The van der Waals surface area contributed by atoms with E-state index in [1.54, 1.807) is 0 Å². The summed E-state index contributed by atoms with van der Waals surface area (Å²) in [7, 11) is 0. The lowest BCUT2D eigenvalue weighted by atomic mass is 10.0. The molecular weight excluding hydrogens is 200 g/mol. The van der Waals surface area contributed by atoms with Gasteiger partial charge in [0.05, 0.1) is 12.1 Å². The van der Waals surface area contributed by atoms with Crippen LogP contribution in [0.25, 0.3) is 0 Å². The molecule has 4 heteroatoms. The molecule has 0 radical (unpaired) electrons. The van der Waals surface area contributed by atoms with Crippen LogP contribution in [-0.4, -0.2) is 0 Å². The van der Waals surface area contributed by atoms with E-state index in [0.717, 1.165) is 0 Å². The molecule has 16 heavy (non-hydrogen) atoms. The van der Waals surface area contributed by atoms with Crippen LogP contribution in [-0.2, 0) is 0 Å². The van der Waals surface area contributed by atoms with Crippen molar-refractivity contribution in [3.8, 4) is 12.1 Å². The quantitative estimate of drug-likeness (QED) is 0.634. The van der Waals surface area contributed by atoms with Gasteiger partial charge < -0.3 is 12.3 Å². The van der Waals surface area contributed by atoms with Gasteiger partial charge in [0.2, 0.25) is 0 Å². The third kappa shape index (κ3) is 38.4. The molecule has 0 aromatic rings. The number of hydrogen-bond acceptors (Lipinski definition) is 4. The molecule has 1 aliphatic rings. The van der Waals surface area contributed by atoms with Crippen LogP contribution >= 0.6 is 0 Å². The van der Waals surface area contributed by atoms with E-state index in [4.69, 9.17) is 10.5 Å². The van der Waals surface area contributed by atoms with Gasteiger partial charge in [0, 0.05) is 12.8 Å². The number of nitrogens with zero attached hydrogens (tertiary/aromatic N) is 2. The SMILES string of the molecule is C1CCCCC1.CCC#N.CCC#N.N.N. The van der Waals surface area contributed by atoms with E-state index in [1.807, 2.05) is 26.0 Å².